The molecule has 1 aromatic heterocycles. The van der Waals surface area contributed by atoms with Crippen LogP contribution in [0.3, 0.4) is 0 Å². The summed E-state index contributed by atoms with van der Waals surface area (Å²) in [4.78, 5) is 0. The summed E-state index contributed by atoms with van der Waals surface area (Å²) in [5.74, 6) is 0.521. The summed E-state index contributed by atoms with van der Waals surface area (Å²) in [6, 6.07) is 8.09. The maximum Gasteiger partial charge on any atom is 0.247 e. The van der Waals surface area contributed by atoms with Crippen molar-refractivity contribution in [1.29, 1.82) is 0 Å². The van der Waals surface area contributed by atoms with Crippen LogP contribution in [-0.4, -0.2) is 30.0 Å². The van der Waals surface area contributed by atoms with Crippen LogP contribution >= 0.6 is 0 Å². The number of aromatic nitrogens is 2. The van der Waals surface area contributed by atoms with Gasteiger partial charge in [0.2, 0.25) is 12.3 Å². The molecule has 0 bridgehead atoms. The van der Waals surface area contributed by atoms with Crippen molar-refractivity contribution in [3.63, 3.8) is 0 Å². The van der Waals surface area contributed by atoms with Crippen LogP contribution in [0.2, 0.25) is 0 Å². The molecule has 5 heteroatoms. The van der Waals surface area contributed by atoms with E-state index in [1.165, 1.54) is 6.39 Å². The maximum absolute atomic E-state index is 5.15. The fourth-order valence-corrected chi connectivity index (χ4v) is 1.62. The molecule has 1 atom stereocenters. The van der Waals surface area contributed by atoms with Crippen molar-refractivity contribution in [2.75, 3.05) is 19.0 Å². The van der Waals surface area contributed by atoms with Crippen LogP contribution in [0.15, 0.2) is 35.1 Å². The van der Waals surface area contributed by atoms with Crippen molar-refractivity contribution >= 4 is 5.69 Å². The van der Waals surface area contributed by atoms with Gasteiger partial charge in [-0.2, -0.15) is 0 Å². The minimum atomic E-state index is 0.248. The molecule has 17 heavy (non-hydrogen) atoms. The number of hydrogen-bond donors (Lipinski definition) is 1. The highest BCUT2D eigenvalue weighted by molar-refractivity contribution is 5.61. The van der Waals surface area contributed by atoms with Crippen LogP contribution in [0, 0.1) is 0 Å². The lowest BCUT2D eigenvalue weighted by Crippen LogP contribution is -2.20. The fourth-order valence-electron chi connectivity index (χ4n) is 1.62. The molecule has 2 aromatic rings. The van der Waals surface area contributed by atoms with Crippen LogP contribution in [0.4, 0.5) is 5.69 Å². The molecule has 0 amide bonds. The summed E-state index contributed by atoms with van der Waals surface area (Å²) < 4.78 is 10.2. The summed E-state index contributed by atoms with van der Waals surface area (Å²) in [5.41, 5.74) is 1.90. The first-order chi connectivity index (χ1) is 8.29. The van der Waals surface area contributed by atoms with Gasteiger partial charge in [-0.05, 0) is 25.1 Å². The minimum absolute atomic E-state index is 0.248. The summed E-state index contributed by atoms with van der Waals surface area (Å²) in [5, 5.41) is 10.9. The van der Waals surface area contributed by atoms with Crippen molar-refractivity contribution in [3.05, 3.63) is 30.7 Å². The van der Waals surface area contributed by atoms with E-state index in [1.54, 1.807) is 7.11 Å². The topological polar surface area (TPSA) is 60.2 Å². The van der Waals surface area contributed by atoms with Crippen molar-refractivity contribution in [1.82, 2.24) is 10.2 Å². The summed E-state index contributed by atoms with van der Waals surface area (Å²) in [6.45, 7) is 2.72. The van der Waals surface area contributed by atoms with E-state index in [0.717, 1.165) is 11.3 Å². The highest BCUT2D eigenvalue weighted by Crippen LogP contribution is 2.20. The van der Waals surface area contributed by atoms with E-state index in [2.05, 4.69) is 22.4 Å². The van der Waals surface area contributed by atoms with Gasteiger partial charge in [-0.15, -0.1) is 10.2 Å². The third kappa shape index (κ3) is 3.04. The van der Waals surface area contributed by atoms with E-state index in [9.17, 15) is 0 Å². The number of ether oxygens (including phenoxy) is 1. The molecule has 0 aliphatic carbocycles. The fraction of sp³-hybridized carbons (Fsp3) is 0.333. The Hall–Kier alpha value is -1.88. The summed E-state index contributed by atoms with van der Waals surface area (Å²) >= 11 is 0. The van der Waals surface area contributed by atoms with Gasteiger partial charge in [0.25, 0.3) is 0 Å². The third-order valence-corrected chi connectivity index (χ3v) is 2.30. The SMILES string of the molecule is COCC(C)Nc1cccc(-c2nnco2)c1. The van der Waals surface area contributed by atoms with Crippen LogP contribution in [0.25, 0.3) is 11.5 Å². The van der Waals surface area contributed by atoms with E-state index >= 15 is 0 Å². The molecule has 1 unspecified atom stereocenters. The van der Waals surface area contributed by atoms with Crippen molar-refractivity contribution in [3.8, 4) is 11.5 Å². The Morgan fingerprint density at radius 3 is 3.06 bits per heavy atom. The van der Waals surface area contributed by atoms with E-state index < -0.39 is 0 Å². The predicted octanol–water partition coefficient (Wildman–Crippen LogP) is 2.18. The van der Waals surface area contributed by atoms with E-state index in [1.807, 2.05) is 24.3 Å². The third-order valence-electron chi connectivity index (χ3n) is 2.30. The Morgan fingerprint density at radius 2 is 2.35 bits per heavy atom. The first-order valence-corrected chi connectivity index (χ1v) is 5.41. The van der Waals surface area contributed by atoms with E-state index in [0.29, 0.717) is 12.5 Å². The molecule has 2 rings (SSSR count). The molecular formula is C12H15N3O2. The molecule has 90 valence electrons. The molecule has 0 aliphatic rings. The zero-order chi connectivity index (χ0) is 12.1. The average molecular weight is 233 g/mol. The van der Waals surface area contributed by atoms with Gasteiger partial charge in [-0.1, -0.05) is 6.07 Å². The molecule has 0 saturated heterocycles. The quantitative estimate of drug-likeness (QED) is 0.857. The van der Waals surface area contributed by atoms with Gasteiger partial charge in [0.15, 0.2) is 0 Å². The second kappa shape index (κ2) is 5.45. The lowest BCUT2D eigenvalue weighted by atomic mass is 10.2. The average Bonchev–Trinajstić information content (AvgIpc) is 2.83. The Labute approximate surface area is 99.8 Å². The summed E-state index contributed by atoms with van der Waals surface area (Å²) in [7, 11) is 1.69. The Bertz CT molecular complexity index is 457. The maximum atomic E-state index is 5.15. The van der Waals surface area contributed by atoms with Gasteiger partial charge in [0, 0.05) is 24.4 Å². The second-order valence-electron chi connectivity index (χ2n) is 3.83. The smallest absolute Gasteiger partial charge is 0.247 e. The van der Waals surface area contributed by atoms with Gasteiger partial charge < -0.3 is 14.5 Å². The lowest BCUT2D eigenvalue weighted by Gasteiger charge is -2.14. The molecule has 0 saturated carbocycles. The standard InChI is InChI=1S/C12H15N3O2/c1-9(7-16-2)14-11-5-3-4-10(6-11)12-15-13-8-17-12/h3-6,8-9,14H,7H2,1-2H3. The molecule has 0 aliphatic heterocycles. The van der Waals surface area contributed by atoms with Gasteiger partial charge in [0.1, 0.15) is 0 Å². The highest BCUT2D eigenvalue weighted by Gasteiger charge is 2.05. The van der Waals surface area contributed by atoms with Crippen LogP contribution in [0.1, 0.15) is 6.92 Å². The second-order valence-corrected chi connectivity index (χ2v) is 3.83. The predicted molar refractivity (Wildman–Crippen MR) is 64.7 cm³/mol. The van der Waals surface area contributed by atoms with E-state index in [4.69, 9.17) is 9.15 Å². The number of nitrogens with one attached hydrogen (secondary N) is 1. The van der Waals surface area contributed by atoms with Crippen molar-refractivity contribution in [2.45, 2.75) is 13.0 Å². The lowest BCUT2D eigenvalue weighted by molar-refractivity contribution is 0.190. The molecule has 0 spiro atoms. The van der Waals surface area contributed by atoms with Gasteiger partial charge >= 0.3 is 0 Å². The largest absolute Gasteiger partial charge is 0.423 e. The van der Waals surface area contributed by atoms with Gasteiger partial charge in [-0.25, -0.2) is 0 Å². The van der Waals surface area contributed by atoms with Crippen LogP contribution in [-0.2, 0) is 4.74 Å². The molecule has 0 fully saturated rings. The zero-order valence-corrected chi connectivity index (χ0v) is 9.88. The Morgan fingerprint density at radius 1 is 1.47 bits per heavy atom. The molecule has 5 nitrogen and oxygen atoms in total. The van der Waals surface area contributed by atoms with Gasteiger partial charge in [0.05, 0.1) is 6.61 Å². The number of rotatable bonds is 5. The first-order valence-electron chi connectivity index (χ1n) is 5.41. The number of hydrogen-bond acceptors (Lipinski definition) is 5. The van der Waals surface area contributed by atoms with Crippen LogP contribution in [0.5, 0.6) is 0 Å². The number of methoxy groups -OCH3 is 1. The normalized spacial score (nSPS) is 12.4. The number of nitrogens with zero attached hydrogens (tertiary/aromatic N) is 2. The first kappa shape index (κ1) is 11.6. The zero-order valence-electron chi connectivity index (χ0n) is 9.88. The Kier molecular flexibility index (Phi) is 3.72. The molecular weight excluding hydrogens is 218 g/mol. The molecule has 1 heterocycles. The van der Waals surface area contributed by atoms with Crippen LogP contribution < -0.4 is 5.32 Å². The Balaban J connectivity index is 2.12. The summed E-state index contributed by atoms with van der Waals surface area (Å²) in [6.07, 6.45) is 1.32. The molecule has 0 radical (unpaired) electrons. The molecule has 1 aromatic carbocycles. The van der Waals surface area contributed by atoms with Gasteiger partial charge in [-0.3, -0.25) is 0 Å². The van der Waals surface area contributed by atoms with Crippen molar-refractivity contribution in [2.24, 2.45) is 0 Å². The van der Waals surface area contributed by atoms with Crippen molar-refractivity contribution < 1.29 is 9.15 Å². The number of benzene rings is 1. The monoisotopic (exact) mass is 233 g/mol. The van der Waals surface area contributed by atoms with E-state index in [-0.39, 0.29) is 6.04 Å². The number of anilines is 1. The minimum Gasteiger partial charge on any atom is -0.423 e. The molecule has 1 N–H and O–H groups in total. The highest BCUT2D eigenvalue weighted by atomic mass is 16.5.